The molecule has 0 unspecified atom stereocenters. The first kappa shape index (κ1) is 17.4. The van der Waals surface area contributed by atoms with Gasteiger partial charge in [-0.2, -0.15) is 0 Å². The Morgan fingerprint density at radius 3 is 2.63 bits per heavy atom. The molecule has 0 saturated carbocycles. The third-order valence-electron chi connectivity index (χ3n) is 4.44. The Balaban J connectivity index is 1.70. The maximum Gasteiger partial charge on any atom is 0.153 e. The summed E-state index contributed by atoms with van der Waals surface area (Å²) in [6.45, 7) is 0. The van der Waals surface area contributed by atoms with Crippen LogP contribution in [-0.4, -0.2) is 12.1 Å². The number of nitrogens with one attached hydrogen (secondary N) is 1. The number of aromatic nitrogens is 1. The Morgan fingerprint density at radius 1 is 0.963 bits per heavy atom. The monoisotopic (exact) mass is 419 g/mol. The number of ether oxygens (including phenoxy) is 1. The second-order valence-corrected chi connectivity index (χ2v) is 6.96. The summed E-state index contributed by atoms with van der Waals surface area (Å²) >= 11 is 3.62. The minimum absolute atomic E-state index is 0.618. The Morgan fingerprint density at radius 2 is 1.81 bits per heavy atom. The van der Waals surface area contributed by atoms with Gasteiger partial charge in [-0.1, -0.05) is 30.3 Å². The summed E-state index contributed by atoms with van der Waals surface area (Å²) in [5.41, 5.74) is 9.79. The maximum absolute atomic E-state index is 5.98. The molecule has 0 aliphatic rings. The molecular weight excluding hydrogens is 402 g/mol. The van der Waals surface area contributed by atoms with Crippen molar-refractivity contribution in [3.05, 3.63) is 77.4 Å². The Hall–Kier alpha value is -3.05. The zero-order chi connectivity index (χ0) is 18.8. The quantitative estimate of drug-likeness (QED) is 0.425. The van der Waals surface area contributed by atoms with Crippen LogP contribution < -0.4 is 15.8 Å². The van der Waals surface area contributed by atoms with E-state index in [1.54, 1.807) is 13.3 Å². The van der Waals surface area contributed by atoms with Crippen molar-refractivity contribution in [2.75, 3.05) is 18.2 Å². The maximum atomic E-state index is 5.98. The second kappa shape index (κ2) is 7.29. The molecule has 134 valence electrons. The number of nitrogen functional groups attached to an aromatic ring is 1. The fourth-order valence-electron chi connectivity index (χ4n) is 3.04. The van der Waals surface area contributed by atoms with Crippen molar-refractivity contribution in [3.63, 3.8) is 0 Å². The van der Waals surface area contributed by atoms with Crippen molar-refractivity contribution < 1.29 is 4.74 Å². The lowest BCUT2D eigenvalue weighted by Crippen LogP contribution is -1.98. The Kier molecular flexibility index (Phi) is 4.69. The van der Waals surface area contributed by atoms with Crippen molar-refractivity contribution in [2.45, 2.75) is 0 Å². The van der Waals surface area contributed by atoms with Gasteiger partial charge in [-0.05, 0) is 74.2 Å². The molecule has 4 aromatic rings. The van der Waals surface area contributed by atoms with Gasteiger partial charge in [0, 0.05) is 11.9 Å². The van der Waals surface area contributed by atoms with Crippen molar-refractivity contribution in [2.24, 2.45) is 0 Å². The molecule has 0 spiro atoms. The van der Waals surface area contributed by atoms with E-state index >= 15 is 0 Å². The van der Waals surface area contributed by atoms with Gasteiger partial charge >= 0.3 is 0 Å². The van der Waals surface area contributed by atoms with E-state index in [9.17, 15) is 0 Å². The molecule has 0 bridgehead atoms. The number of halogens is 1. The number of nitrogens with zero attached hydrogens (tertiary/aromatic N) is 1. The van der Waals surface area contributed by atoms with Gasteiger partial charge in [0.15, 0.2) is 5.82 Å². The smallest absolute Gasteiger partial charge is 0.153 e. The number of anilines is 3. The molecule has 0 fully saturated rings. The lowest BCUT2D eigenvalue weighted by atomic mass is 10.0. The average molecular weight is 420 g/mol. The largest absolute Gasteiger partial charge is 0.496 e. The summed E-state index contributed by atoms with van der Waals surface area (Å²) in [7, 11) is 1.67. The topological polar surface area (TPSA) is 60.2 Å². The first-order valence-electron chi connectivity index (χ1n) is 8.50. The Bertz CT molecular complexity index is 1130. The summed E-state index contributed by atoms with van der Waals surface area (Å²) in [6.07, 6.45) is 1.72. The van der Waals surface area contributed by atoms with Crippen LogP contribution in [0.3, 0.4) is 0 Å². The van der Waals surface area contributed by atoms with Crippen LogP contribution in [0.25, 0.3) is 21.9 Å². The fraction of sp³-hybridized carbons (Fsp3) is 0.0455. The molecular formula is C22H18BrN3O. The number of hydrogen-bond acceptors (Lipinski definition) is 4. The van der Waals surface area contributed by atoms with Crippen LogP contribution in [0.2, 0.25) is 0 Å². The van der Waals surface area contributed by atoms with Gasteiger partial charge in [-0.15, -0.1) is 0 Å². The molecule has 0 radical (unpaired) electrons. The third kappa shape index (κ3) is 3.46. The van der Waals surface area contributed by atoms with E-state index in [0.717, 1.165) is 37.8 Å². The number of nitrogens with two attached hydrogens (primary N) is 1. The summed E-state index contributed by atoms with van der Waals surface area (Å²) in [4.78, 5) is 4.29. The molecule has 27 heavy (non-hydrogen) atoms. The molecule has 0 atom stereocenters. The normalized spacial score (nSPS) is 10.7. The lowest BCUT2D eigenvalue weighted by molar-refractivity contribution is 0.413. The van der Waals surface area contributed by atoms with Crippen molar-refractivity contribution in [3.8, 4) is 16.9 Å². The zero-order valence-electron chi connectivity index (χ0n) is 14.7. The molecule has 0 amide bonds. The lowest BCUT2D eigenvalue weighted by Gasteiger charge is -2.11. The van der Waals surface area contributed by atoms with E-state index < -0.39 is 0 Å². The number of pyridine rings is 1. The van der Waals surface area contributed by atoms with Crippen LogP contribution in [0.15, 0.2) is 77.4 Å². The van der Waals surface area contributed by atoms with Gasteiger partial charge in [0.25, 0.3) is 0 Å². The van der Waals surface area contributed by atoms with Crippen LogP contribution in [0.4, 0.5) is 17.2 Å². The molecule has 0 saturated heterocycles. The fourth-order valence-corrected chi connectivity index (χ4v) is 3.70. The molecule has 1 heterocycles. The van der Waals surface area contributed by atoms with Crippen LogP contribution in [0, 0.1) is 0 Å². The number of fused-ring (bicyclic) bond motifs is 1. The summed E-state index contributed by atoms with van der Waals surface area (Å²) < 4.78 is 6.35. The zero-order valence-corrected chi connectivity index (χ0v) is 16.3. The van der Waals surface area contributed by atoms with Gasteiger partial charge in [-0.3, -0.25) is 0 Å². The van der Waals surface area contributed by atoms with E-state index in [0.29, 0.717) is 11.5 Å². The highest BCUT2D eigenvalue weighted by atomic mass is 79.9. The van der Waals surface area contributed by atoms with Crippen molar-refractivity contribution in [1.29, 1.82) is 0 Å². The number of hydrogen-bond donors (Lipinski definition) is 2. The molecule has 5 heteroatoms. The van der Waals surface area contributed by atoms with Crippen molar-refractivity contribution >= 4 is 43.9 Å². The molecule has 4 rings (SSSR count). The molecule has 0 aliphatic heterocycles. The summed E-state index contributed by atoms with van der Waals surface area (Å²) in [5.74, 6) is 1.48. The molecule has 3 aromatic carbocycles. The average Bonchev–Trinajstić information content (AvgIpc) is 2.70. The molecule has 4 nitrogen and oxygen atoms in total. The van der Waals surface area contributed by atoms with E-state index in [1.165, 1.54) is 0 Å². The number of rotatable bonds is 4. The SMILES string of the molecule is COc1ccc2cc(-c3cccc(Nc4ncccc4N)c3)ccc2c1Br. The van der Waals surface area contributed by atoms with Crippen LogP contribution in [0.1, 0.15) is 0 Å². The Labute approximate surface area is 166 Å². The van der Waals surface area contributed by atoms with E-state index in [2.05, 4.69) is 62.6 Å². The highest BCUT2D eigenvalue weighted by molar-refractivity contribution is 9.10. The minimum Gasteiger partial charge on any atom is -0.496 e. The molecule has 1 aromatic heterocycles. The summed E-state index contributed by atoms with van der Waals surface area (Å²) in [6, 6.07) is 22.3. The van der Waals surface area contributed by atoms with E-state index in [4.69, 9.17) is 10.5 Å². The highest BCUT2D eigenvalue weighted by Crippen LogP contribution is 2.35. The van der Waals surface area contributed by atoms with Crippen LogP contribution in [-0.2, 0) is 0 Å². The molecule has 0 aliphatic carbocycles. The first-order chi connectivity index (χ1) is 13.2. The van der Waals surface area contributed by atoms with Gasteiger partial charge in [-0.25, -0.2) is 4.98 Å². The van der Waals surface area contributed by atoms with Gasteiger partial charge in [0.2, 0.25) is 0 Å². The van der Waals surface area contributed by atoms with Crippen molar-refractivity contribution in [1.82, 2.24) is 4.98 Å². The summed E-state index contributed by atoms with van der Waals surface area (Å²) in [5, 5.41) is 5.55. The standard InChI is InChI=1S/C22H18BrN3O/c1-27-20-10-8-16-12-15(7-9-18(16)21(20)23)14-4-2-5-17(13-14)26-22-19(24)6-3-11-25-22/h2-13H,24H2,1H3,(H,25,26). The first-order valence-corrected chi connectivity index (χ1v) is 9.29. The van der Waals surface area contributed by atoms with Crippen LogP contribution in [0.5, 0.6) is 5.75 Å². The predicted molar refractivity (Wildman–Crippen MR) is 116 cm³/mol. The highest BCUT2D eigenvalue weighted by Gasteiger charge is 2.08. The van der Waals surface area contributed by atoms with Gasteiger partial charge < -0.3 is 15.8 Å². The van der Waals surface area contributed by atoms with Gasteiger partial charge in [0.05, 0.1) is 17.3 Å². The van der Waals surface area contributed by atoms with Crippen LogP contribution >= 0.6 is 15.9 Å². The molecule has 3 N–H and O–H groups in total. The van der Waals surface area contributed by atoms with E-state index in [1.807, 2.05) is 30.3 Å². The van der Waals surface area contributed by atoms with E-state index in [-0.39, 0.29) is 0 Å². The van der Waals surface area contributed by atoms with Gasteiger partial charge in [0.1, 0.15) is 5.75 Å². The number of methoxy groups -OCH3 is 1. The third-order valence-corrected chi connectivity index (χ3v) is 5.25. The number of benzene rings is 3. The predicted octanol–water partition coefficient (Wildman–Crippen LogP) is 6.00. The second-order valence-electron chi connectivity index (χ2n) is 6.16. The minimum atomic E-state index is 0.618.